The fourth-order valence-corrected chi connectivity index (χ4v) is 2.87. The minimum atomic E-state index is 1.01. The zero-order chi connectivity index (χ0) is 12.4. The number of nitrogens with zero attached hydrogens (tertiary/aromatic N) is 2. The number of aryl methyl sites for hydroxylation is 1. The Kier molecular flexibility index (Phi) is 3.07. The van der Waals surface area contributed by atoms with Crippen LogP contribution in [-0.4, -0.2) is 9.78 Å². The maximum Gasteiger partial charge on any atom is 0.0679 e. The first-order valence-corrected chi connectivity index (χ1v) is 6.90. The van der Waals surface area contributed by atoms with Crippen LogP contribution in [0.1, 0.15) is 5.56 Å². The lowest BCUT2D eigenvalue weighted by molar-refractivity contribution is 0.797. The molecule has 0 spiro atoms. The second kappa shape index (κ2) is 4.86. The predicted octanol–water partition coefficient (Wildman–Crippen LogP) is 3.87. The van der Waals surface area contributed by atoms with Gasteiger partial charge in [-0.25, -0.2) is 0 Å². The van der Waals surface area contributed by atoms with E-state index in [1.54, 1.807) is 0 Å². The van der Waals surface area contributed by atoms with Crippen molar-refractivity contribution in [3.05, 3.63) is 60.3 Å². The van der Waals surface area contributed by atoms with Crippen LogP contribution in [0.15, 0.2) is 59.6 Å². The molecule has 2 aromatic carbocycles. The van der Waals surface area contributed by atoms with Crippen molar-refractivity contribution in [3.63, 3.8) is 0 Å². The zero-order valence-corrected chi connectivity index (χ0v) is 11.0. The molecule has 3 rings (SSSR count). The van der Waals surface area contributed by atoms with Crippen LogP contribution in [0.4, 0.5) is 0 Å². The van der Waals surface area contributed by atoms with Gasteiger partial charge >= 0.3 is 0 Å². The van der Waals surface area contributed by atoms with Crippen LogP contribution in [0, 0.1) is 0 Å². The second-order valence-corrected chi connectivity index (χ2v) is 5.31. The molecule has 1 heterocycles. The summed E-state index contributed by atoms with van der Waals surface area (Å²) in [5, 5.41) is 5.47. The summed E-state index contributed by atoms with van der Waals surface area (Å²) in [5.41, 5.74) is 2.54. The van der Waals surface area contributed by atoms with Gasteiger partial charge in [-0.05, 0) is 23.8 Å². The second-order valence-electron chi connectivity index (χ2n) is 4.26. The number of hydrogen-bond donors (Lipinski definition) is 0. The van der Waals surface area contributed by atoms with E-state index in [0.717, 1.165) is 5.75 Å². The first-order valence-electron chi connectivity index (χ1n) is 5.91. The number of rotatable bonds is 3. The first kappa shape index (κ1) is 11.4. The molecule has 0 aliphatic carbocycles. The van der Waals surface area contributed by atoms with Gasteiger partial charge in [-0.2, -0.15) is 5.10 Å². The molecule has 0 aliphatic rings. The summed E-state index contributed by atoms with van der Waals surface area (Å²) in [6.45, 7) is 0. The monoisotopic (exact) mass is 254 g/mol. The van der Waals surface area contributed by atoms with Crippen LogP contribution < -0.4 is 0 Å². The highest BCUT2D eigenvalue weighted by Crippen LogP contribution is 2.26. The van der Waals surface area contributed by atoms with Gasteiger partial charge in [-0.3, -0.25) is 4.68 Å². The van der Waals surface area contributed by atoms with E-state index < -0.39 is 0 Å². The van der Waals surface area contributed by atoms with Crippen molar-refractivity contribution in [1.29, 1.82) is 0 Å². The summed E-state index contributed by atoms with van der Waals surface area (Å²) in [6.07, 6.45) is 1.92. The molecule has 0 saturated carbocycles. The fraction of sp³-hybridized carbons (Fsp3) is 0.133. The lowest BCUT2D eigenvalue weighted by Gasteiger charge is -2.02. The molecular formula is C15H14N2S. The molecule has 3 aromatic rings. The fourth-order valence-electron chi connectivity index (χ4n) is 1.97. The molecule has 3 heteroatoms. The molecule has 18 heavy (non-hydrogen) atoms. The highest BCUT2D eigenvalue weighted by Gasteiger charge is 2.01. The van der Waals surface area contributed by atoms with E-state index >= 15 is 0 Å². The van der Waals surface area contributed by atoms with Crippen LogP contribution in [0.25, 0.3) is 10.9 Å². The van der Waals surface area contributed by atoms with Gasteiger partial charge in [0.25, 0.3) is 0 Å². The van der Waals surface area contributed by atoms with E-state index in [1.165, 1.54) is 21.4 Å². The average Bonchev–Trinajstić information content (AvgIpc) is 2.79. The van der Waals surface area contributed by atoms with E-state index in [2.05, 4.69) is 53.6 Å². The van der Waals surface area contributed by atoms with E-state index in [1.807, 2.05) is 29.7 Å². The predicted molar refractivity (Wildman–Crippen MR) is 76.7 cm³/mol. The minimum absolute atomic E-state index is 1.01. The lowest BCUT2D eigenvalue weighted by atomic mass is 10.2. The third kappa shape index (κ3) is 2.27. The van der Waals surface area contributed by atoms with E-state index in [-0.39, 0.29) is 0 Å². The number of fused-ring (bicyclic) bond motifs is 1. The highest BCUT2D eigenvalue weighted by atomic mass is 32.2. The largest absolute Gasteiger partial charge is 0.268 e. The van der Waals surface area contributed by atoms with Gasteiger partial charge in [0.15, 0.2) is 0 Å². The molecule has 0 amide bonds. The third-order valence-electron chi connectivity index (χ3n) is 2.97. The topological polar surface area (TPSA) is 17.8 Å². The number of hydrogen-bond acceptors (Lipinski definition) is 2. The molecule has 90 valence electrons. The van der Waals surface area contributed by atoms with Gasteiger partial charge in [0.1, 0.15) is 0 Å². The van der Waals surface area contributed by atoms with Crippen LogP contribution >= 0.6 is 11.8 Å². The van der Waals surface area contributed by atoms with Gasteiger partial charge in [-0.15, -0.1) is 11.8 Å². The van der Waals surface area contributed by atoms with Gasteiger partial charge in [-0.1, -0.05) is 30.3 Å². The van der Waals surface area contributed by atoms with Crippen molar-refractivity contribution >= 4 is 22.7 Å². The summed E-state index contributed by atoms with van der Waals surface area (Å²) in [7, 11) is 1.97. The van der Waals surface area contributed by atoms with Crippen molar-refractivity contribution in [3.8, 4) is 0 Å². The molecule has 0 saturated heterocycles. The Morgan fingerprint density at radius 3 is 2.78 bits per heavy atom. The lowest BCUT2D eigenvalue weighted by Crippen LogP contribution is -1.88. The summed E-state index contributed by atoms with van der Waals surface area (Å²) in [4.78, 5) is 1.29. The highest BCUT2D eigenvalue weighted by molar-refractivity contribution is 7.98. The van der Waals surface area contributed by atoms with E-state index in [9.17, 15) is 0 Å². The van der Waals surface area contributed by atoms with Gasteiger partial charge < -0.3 is 0 Å². The van der Waals surface area contributed by atoms with E-state index in [0.29, 0.717) is 0 Å². The van der Waals surface area contributed by atoms with Crippen LogP contribution in [-0.2, 0) is 12.8 Å². The standard InChI is InChI=1S/C15H14N2S/c1-17-15-8-7-14(9-13(15)10-16-17)18-11-12-5-3-2-4-6-12/h2-10H,11H2,1H3. The van der Waals surface area contributed by atoms with Crippen LogP contribution in [0.5, 0.6) is 0 Å². The summed E-state index contributed by atoms with van der Waals surface area (Å²) in [6, 6.07) is 17.0. The van der Waals surface area contributed by atoms with Crippen molar-refractivity contribution < 1.29 is 0 Å². The number of thioether (sulfide) groups is 1. The zero-order valence-electron chi connectivity index (χ0n) is 10.2. The van der Waals surface area contributed by atoms with Crippen LogP contribution in [0.2, 0.25) is 0 Å². The Labute approximate surface area is 111 Å². The van der Waals surface area contributed by atoms with E-state index in [4.69, 9.17) is 0 Å². The molecule has 0 N–H and O–H groups in total. The quantitative estimate of drug-likeness (QED) is 0.660. The Bertz CT molecular complexity index is 659. The minimum Gasteiger partial charge on any atom is -0.268 e. The molecule has 2 nitrogen and oxygen atoms in total. The Balaban J connectivity index is 1.79. The van der Waals surface area contributed by atoms with Gasteiger partial charge in [0.05, 0.1) is 11.7 Å². The Morgan fingerprint density at radius 1 is 1.11 bits per heavy atom. The van der Waals surface area contributed by atoms with Gasteiger partial charge in [0.2, 0.25) is 0 Å². The molecule has 0 unspecified atom stereocenters. The molecule has 0 bridgehead atoms. The maximum atomic E-state index is 4.26. The average molecular weight is 254 g/mol. The number of benzene rings is 2. The number of aromatic nitrogens is 2. The normalized spacial score (nSPS) is 10.9. The van der Waals surface area contributed by atoms with Crippen molar-refractivity contribution in [2.45, 2.75) is 10.6 Å². The van der Waals surface area contributed by atoms with Crippen molar-refractivity contribution in [2.24, 2.45) is 7.05 Å². The van der Waals surface area contributed by atoms with Crippen molar-refractivity contribution in [2.75, 3.05) is 0 Å². The molecule has 0 radical (unpaired) electrons. The van der Waals surface area contributed by atoms with Gasteiger partial charge in [0, 0.05) is 23.1 Å². The molecule has 0 atom stereocenters. The summed E-state index contributed by atoms with van der Waals surface area (Å²) in [5.74, 6) is 1.01. The third-order valence-corrected chi connectivity index (χ3v) is 4.03. The van der Waals surface area contributed by atoms with Crippen molar-refractivity contribution in [1.82, 2.24) is 9.78 Å². The maximum absolute atomic E-state index is 4.26. The van der Waals surface area contributed by atoms with Crippen LogP contribution in [0.3, 0.4) is 0 Å². The Morgan fingerprint density at radius 2 is 1.94 bits per heavy atom. The molecular weight excluding hydrogens is 240 g/mol. The summed E-state index contributed by atoms with van der Waals surface area (Å²) >= 11 is 1.86. The smallest absolute Gasteiger partial charge is 0.0679 e. The summed E-state index contributed by atoms with van der Waals surface area (Å²) < 4.78 is 1.90. The SMILES string of the molecule is Cn1ncc2cc(SCc3ccccc3)ccc21. The molecule has 0 aliphatic heterocycles. The molecule has 1 aromatic heterocycles. The first-order chi connectivity index (χ1) is 8.83. The molecule has 0 fully saturated rings. The Hall–Kier alpha value is -1.74.